The highest BCUT2D eigenvalue weighted by atomic mass is 79.9. The summed E-state index contributed by atoms with van der Waals surface area (Å²) in [7, 11) is 0. The lowest BCUT2D eigenvalue weighted by Gasteiger charge is -2.09. The van der Waals surface area contributed by atoms with Crippen LogP contribution in [0.25, 0.3) is 6.08 Å². The highest BCUT2D eigenvalue weighted by molar-refractivity contribution is 9.11. The van der Waals surface area contributed by atoms with Crippen LogP contribution in [-0.2, 0) is 9.53 Å². The summed E-state index contributed by atoms with van der Waals surface area (Å²) in [6.07, 6.45) is 1.58. The number of aliphatic imine (C=N–C) groups is 1. The van der Waals surface area contributed by atoms with Gasteiger partial charge in [0.2, 0.25) is 5.90 Å². The Hall–Kier alpha value is -2.52. The van der Waals surface area contributed by atoms with Crippen LogP contribution in [0.15, 0.2) is 50.0 Å². The van der Waals surface area contributed by atoms with E-state index in [9.17, 15) is 14.9 Å². The second kappa shape index (κ2) is 8.24. The van der Waals surface area contributed by atoms with Crippen LogP contribution in [0.2, 0.25) is 0 Å². The van der Waals surface area contributed by atoms with Crippen LogP contribution < -0.4 is 4.74 Å². The molecule has 1 aliphatic heterocycles. The molecule has 0 fully saturated rings. The summed E-state index contributed by atoms with van der Waals surface area (Å²) in [5.41, 5.74) is 1.53. The molecule has 0 unspecified atom stereocenters. The van der Waals surface area contributed by atoms with Crippen molar-refractivity contribution in [1.82, 2.24) is 0 Å². The highest BCUT2D eigenvalue weighted by Crippen LogP contribution is 2.36. The number of ether oxygens (including phenoxy) is 2. The summed E-state index contributed by atoms with van der Waals surface area (Å²) in [6, 6.07) is 8.13. The lowest BCUT2D eigenvalue weighted by Crippen LogP contribution is -2.08. The molecule has 0 radical (unpaired) electrons. The van der Waals surface area contributed by atoms with Gasteiger partial charge in [0.25, 0.3) is 5.69 Å². The SMILES string of the molecule is CCOc1c(Br)cc(/C=C2\N=C(c3cccc([N+](=O)[O-])c3C)OC2=O)cc1Br. The zero-order valence-corrected chi connectivity index (χ0v) is 18.0. The Morgan fingerprint density at radius 2 is 1.96 bits per heavy atom. The third-order valence-electron chi connectivity index (χ3n) is 3.97. The maximum atomic E-state index is 12.2. The number of halogens is 2. The molecule has 2 aromatic carbocycles. The molecule has 28 heavy (non-hydrogen) atoms. The van der Waals surface area contributed by atoms with Gasteiger partial charge in [-0.1, -0.05) is 6.07 Å². The Labute approximate surface area is 177 Å². The smallest absolute Gasteiger partial charge is 0.363 e. The number of benzene rings is 2. The van der Waals surface area contributed by atoms with Gasteiger partial charge in [0, 0.05) is 17.2 Å². The van der Waals surface area contributed by atoms with Crippen LogP contribution in [0.1, 0.15) is 23.6 Å². The van der Waals surface area contributed by atoms with Crippen LogP contribution >= 0.6 is 31.9 Å². The molecule has 0 N–H and O–H groups in total. The maximum absolute atomic E-state index is 12.2. The van der Waals surface area contributed by atoms with Gasteiger partial charge in [0.1, 0.15) is 5.75 Å². The van der Waals surface area contributed by atoms with E-state index in [2.05, 4.69) is 36.9 Å². The molecule has 0 atom stereocenters. The van der Waals surface area contributed by atoms with Gasteiger partial charge in [-0.2, -0.15) is 0 Å². The molecule has 2 aromatic rings. The maximum Gasteiger partial charge on any atom is 0.363 e. The van der Waals surface area contributed by atoms with E-state index in [-0.39, 0.29) is 17.3 Å². The topological polar surface area (TPSA) is 91.0 Å². The summed E-state index contributed by atoms with van der Waals surface area (Å²) in [6.45, 7) is 3.99. The standard InChI is InChI=1S/C19H14Br2N2O5/c1-3-27-17-13(20)7-11(8-14(17)21)9-15-19(24)28-18(22-15)12-5-4-6-16(10(12)2)23(25)26/h4-9H,3H2,1-2H3/b15-9-. The van der Waals surface area contributed by atoms with Crippen LogP contribution in [0.4, 0.5) is 5.69 Å². The lowest BCUT2D eigenvalue weighted by molar-refractivity contribution is -0.385. The van der Waals surface area contributed by atoms with Crippen LogP contribution in [0, 0.1) is 17.0 Å². The molecule has 9 heteroatoms. The minimum absolute atomic E-state index is 0.0431. The van der Waals surface area contributed by atoms with E-state index in [0.717, 1.165) is 8.95 Å². The van der Waals surface area contributed by atoms with Crippen molar-refractivity contribution in [2.75, 3.05) is 6.61 Å². The zero-order valence-electron chi connectivity index (χ0n) is 14.9. The zero-order chi connectivity index (χ0) is 20.4. The fourth-order valence-corrected chi connectivity index (χ4v) is 4.13. The molecule has 144 valence electrons. The number of hydrogen-bond donors (Lipinski definition) is 0. The molecule has 7 nitrogen and oxygen atoms in total. The minimum Gasteiger partial charge on any atom is -0.492 e. The lowest BCUT2D eigenvalue weighted by atomic mass is 10.1. The van der Waals surface area contributed by atoms with Gasteiger partial charge in [-0.05, 0) is 75.5 Å². The molecule has 0 amide bonds. The van der Waals surface area contributed by atoms with E-state index in [1.807, 2.05) is 6.92 Å². The Morgan fingerprint density at radius 1 is 1.29 bits per heavy atom. The van der Waals surface area contributed by atoms with Gasteiger partial charge in [-0.25, -0.2) is 9.79 Å². The average molecular weight is 510 g/mol. The van der Waals surface area contributed by atoms with Crippen molar-refractivity contribution in [1.29, 1.82) is 0 Å². The van der Waals surface area contributed by atoms with Gasteiger partial charge in [-0.15, -0.1) is 0 Å². The number of nitrogens with zero attached hydrogens (tertiary/aromatic N) is 2. The fourth-order valence-electron chi connectivity index (χ4n) is 2.68. The quantitative estimate of drug-likeness (QED) is 0.240. The monoisotopic (exact) mass is 508 g/mol. The number of carbonyl (C=O) groups excluding carboxylic acids is 1. The number of hydrogen-bond acceptors (Lipinski definition) is 6. The summed E-state index contributed by atoms with van der Waals surface area (Å²) < 4.78 is 12.2. The van der Waals surface area contributed by atoms with Gasteiger partial charge in [-0.3, -0.25) is 10.1 Å². The predicted molar refractivity (Wildman–Crippen MR) is 111 cm³/mol. The minimum atomic E-state index is -0.623. The Balaban J connectivity index is 1.99. The van der Waals surface area contributed by atoms with Crippen LogP contribution in [0.5, 0.6) is 5.75 Å². The van der Waals surface area contributed by atoms with Crippen LogP contribution in [0.3, 0.4) is 0 Å². The third-order valence-corrected chi connectivity index (χ3v) is 5.14. The number of cyclic esters (lactones) is 1. The van der Waals surface area contributed by atoms with Gasteiger partial charge >= 0.3 is 5.97 Å². The average Bonchev–Trinajstić information content (AvgIpc) is 2.98. The summed E-state index contributed by atoms with van der Waals surface area (Å²) >= 11 is 6.89. The van der Waals surface area contributed by atoms with Gasteiger partial charge < -0.3 is 9.47 Å². The molecular formula is C19H14Br2N2O5. The largest absolute Gasteiger partial charge is 0.492 e. The first kappa shape index (κ1) is 20.2. The van der Waals surface area contributed by atoms with Crippen LogP contribution in [-0.4, -0.2) is 23.4 Å². The number of esters is 1. The van der Waals surface area contributed by atoms with Crippen molar-refractivity contribution in [2.45, 2.75) is 13.8 Å². The van der Waals surface area contributed by atoms with Crippen molar-refractivity contribution in [3.05, 3.63) is 71.8 Å². The number of rotatable bonds is 5. The Kier molecular flexibility index (Phi) is 5.95. The predicted octanol–water partition coefficient (Wildman–Crippen LogP) is 5.17. The third kappa shape index (κ3) is 4.00. The highest BCUT2D eigenvalue weighted by Gasteiger charge is 2.27. The Bertz CT molecular complexity index is 1020. The van der Waals surface area contributed by atoms with Gasteiger partial charge in [0.05, 0.1) is 20.5 Å². The second-order valence-electron chi connectivity index (χ2n) is 5.79. The van der Waals surface area contributed by atoms with E-state index >= 15 is 0 Å². The van der Waals surface area contributed by atoms with Crippen molar-refractivity contribution in [3.63, 3.8) is 0 Å². The van der Waals surface area contributed by atoms with Gasteiger partial charge in [0.15, 0.2) is 5.70 Å². The van der Waals surface area contributed by atoms with E-state index in [4.69, 9.17) is 9.47 Å². The van der Waals surface area contributed by atoms with E-state index in [1.54, 1.807) is 31.2 Å². The number of nitro groups is 1. The molecule has 0 bridgehead atoms. The molecule has 1 aliphatic rings. The molecule has 0 saturated heterocycles. The Morgan fingerprint density at radius 3 is 2.57 bits per heavy atom. The fraction of sp³-hybridized carbons (Fsp3) is 0.158. The molecule has 0 saturated carbocycles. The number of nitro benzene ring substituents is 1. The summed E-state index contributed by atoms with van der Waals surface area (Å²) in [4.78, 5) is 27.1. The first-order chi connectivity index (χ1) is 13.3. The molecule has 0 aliphatic carbocycles. The first-order valence-corrected chi connectivity index (χ1v) is 9.79. The van der Waals surface area contributed by atoms with Crippen molar-refractivity contribution >= 4 is 55.5 Å². The van der Waals surface area contributed by atoms with E-state index < -0.39 is 10.9 Å². The molecule has 3 rings (SSSR count). The summed E-state index contributed by atoms with van der Waals surface area (Å²) in [5, 5.41) is 11.1. The van der Waals surface area contributed by atoms with Crippen molar-refractivity contribution in [2.24, 2.45) is 4.99 Å². The molecule has 1 heterocycles. The normalized spacial score (nSPS) is 14.8. The molecule has 0 aromatic heterocycles. The molecule has 0 spiro atoms. The summed E-state index contributed by atoms with van der Waals surface area (Å²) in [5.74, 6) is 0.0820. The van der Waals surface area contributed by atoms with E-state index in [1.165, 1.54) is 12.1 Å². The van der Waals surface area contributed by atoms with E-state index in [0.29, 0.717) is 29.0 Å². The number of carbonyl (C=O) groups is 1. The second-order valence-corrected chi connectivity index (χ2v) is 7.50. The first-order valence-electron chi connectivity index (χ1n) is 8.20. The molecular weight excluding hydrogens is 496 g/mol. The van der Waals surface area contributed by atoms with Crippen molar-refractivity contribution < 1.29 is 19.2 Å². The van der Waals surface area contributed by atoms with Crippen molar-refractivity contribution in [3.8, 4) is 5.75 Å².